The molecule has 2 aromatic rings. The van der Waals surface area contributed by atoms with E-state index in [4.69, 9.17) is 0 Å². The molecule has 0 aliphatic rings. The Hall–Kier alpha value is -2.44. The summed E-state index contributed by atoms with van der Waals surface area (Å²) in [7, 11) is 1.83. The Labute approximate surface area is 117 Å². The maximum Gasteiger partial charge on any atom is 0.271 e. The number of carbonyl (C=O) groups excluding carboxylic acids is 1. The summed E-state index contributed by atoms with van der Waals surface area (Å²) in [5.74, 6) is 0.360. The van der Waals surface area contributed by atoms with E-state index in [1.165, 1.54) is 6.20 Å². The molecule has 0 fully saturated rings. The fourth-order valence-corrected chi connectivity index (χ4v) is 1.65. The summed E-state index contributed by atoms with van der Waals surface area (Å²) >= 11 is 0. The van der Waals surface area contributed by atoms with Gasteiger partial charge in [0.05, 0.1) is 24.6 Å². The van der Waals surface area contributed by atoms with E-state index < -0.39 is 0 Å². The minimum Gasteiger partial charge on any atom is -0.369 e. The van der Waals surface area contributed by atoms with Crippen molar-refractivity contribution in [1.82, 2.24) is 25.1 Å². The van der Waals surface area contributed by atoms with Crippen LogP contribution < -0.4 is 10.6 Å². The number of carbonyl (C=O) groups is 1. The third-order valence-corrected chi connectivity index (χ3v) is 2.78. The molecule has 2 rings (SSSR count). The Kier molecular flexibility index (Phi) is 4.65. The number of rotatable bonds is 6. The lowest BCUT2D eigenvalue weighted by atomic mass is 10.3. The van der Waals surface area contributed by atoms with Crippen LogP contribution in [-0.4, -0.2) is 32.2 Å². The van der Waals surface area contributed by atoms with Crippen LogP contribution in [0.3, 0.4) is 0 Å². The molecule has 0 unspecified atom stereocenters. The number of nitrogens with zero attached hydrogens (tertiary/aromatic N) is 4. The van der Waals surface area contributed by atoms with Gasteiger partial charge in [0.25, 0.3) is 5.91 Å². The standard InChI is InChI=1S/C13H18N6O/c1-3-5-15-12-9-14-8-11(18-12)13(20)16-7-10-4-6-17-19(10)2/h4,6,8-9H,3,5,7H2,1-2H3,(H,15,18)(H,16,20). The van der Waals surface area contributed by atoms with Gasteiger partial charge in [-0.15, -0.1) is 0 Å². The Morgan fingerprint density at radius 1 is 1.40 bits per heavy atom. The van der Waals surface area contributed by atoms with Crippen molar-refractivity contribution in [1.29, 1.82) is 0 Å². The summed E-state index contributed by atoms with van der Waals surface area (Å²) in [6.07, 6.45) is 5.73. The fourth-order valence-electron chi connectivity index (χ4n) is 1.65. The van der Waals surface area contributed by atoms with Crippen LogP contribution in [0, 0.1) is 0 Å². The molecule has 1 amide bonds. The zero-order chi connectivity index (χ0) is 14.4. The van der Waals surface area contributed by atoms with Crippen molar-refractivity contribution in [3.63, 3.8) is 0 Å². The molecule has 0 saturated heterocycles. The SMILES string of the molecule is CCCNc1cncc(C(=O)NCc2ccnn2C)n1. The van der Waals surface area contributed by atoms with Crippen LogP contribution in [0.1, 0.15) is 29.5 Å². The average molecular weight is 274 g/mol. The van der Waals surface area contributed by atoms with Crippen LogP contribution in [0.4, 0.5) is 5.82 Å². The first-order valence-electron chi connectivity index (χ1n) is 6.51. The van der Waals surface area contributed by atoms with Crippen molar-refractivity contribution < 1.29 is 4.79 Å². The number of aryl methyl sites for hydroxylation is 1. The second-order valence-corrected chi connectivity index (χ2v) is 4.35. The van der Waals surface area contributed by atoms with Gasteiger partial charge in [-0.2, -0.15) is 5.10 Å². The van der Waals surface area contributed by atoms with Crippen LogP contribution >= 0.6 is 0 Å². The maximum absolute atomic E-state index is 12.0. The quantitative estimate of drug-likeness (QED) is 0.819. The number of hydrogen-bond acceptors (Lipinski definition) is 5. The molecule has 0 saturated carbocycles. The molecule has 0 bridgehead atoms. The molecular formula is C13H18N6O. The molecule has 2 N–H and O–H groups in total. The van der Waals surface area contributed by atoms with E-state index in [1.807, 2.05) is 13.1 Å². The number of hydrogen-bond donors (Lipinski definition) is 2. The lowest BCUT2D eigenvalue weighted by Crippen LogP contribution is -2.25. The van der Waals surface area contributed by atoms with Crippen LogP contribution in [0.2, 0.25) is 0 Å². The van der Waals surface area contributed by atoms with Crippen molar-refractivity contribution in [2.24, 2.45) is 7.05 Å². The molecule has 0 spiro atoms. The molecule has 7 nitrogen and oxygen atoms in total. The van der Waals surface area contributed by atoms with Gasteiger partial charge in [-0.05, 0) is 12.5 Å². The normalized spacial score (nSPS) is 10.3. The summed E-state index contributed by atoms with van der Waals surface area (Å²) in [6.45, 7) is 3.27. The molecule has 20 heavy (non-hydrogen) atoms. The smallest absolute Gasteiger partial charge is 0.271 e. The van der Waals surface area contributed by atoms with Gasteiger partial charge in [0.2, 0.25) is 0 Å². The Morgan fingerprint density at radius 3 is 2.95 bits per heavy atom. The summed E-state index contributed by atoms with van der Waals surface area (Å²) in [6, 6.07) is 1.85. The third-order valence-electron chi connectivity index (χ3n) is 2.78. The second-order valence-electron chi connectivity index (χ2n) is 4.35. The molecule has 0 atom stereocenters. The maximum atomic E-state index is 12.0. The zero-order valence-corrected chi connectivity index (χ0v) is 11.6. The highest BCUT2D eigenvalue weighted by molar-refractivity contribution is 5.92. The minimum atomic E-state index is -0.251. The van der Waals surface area contributed by atoms with Gasteiger partial charge < -0.3 is 10.6 Å². The van der Waals surface area contributed by atoms with Crippen molar-refractivity contribution in [3.8, 4) is 0 Å². The average Bonchev–Trinajstić information content (AvgIpc) is 2.88. The molecule has 2 aromatic heterocycles. The summed E-state index contributed by atoms with van der Waals surface area (Å²) < 4.78 is 1.71. The lowest BCUT2D eigenvalue weighted by Gasteiger charge is -2.07. The highest BCUT2D eigenvalue weighted by Gasteiger charge is 2.09. The van der Waals surface area contributed by atoms with Crippen LogP contribution in [0.25, 0.3) is 0 Å². The molecule has 106 valence electrons. The van der Waals surface area contributed by atoms with E-state index in [-0.39, 0.29) is 5.91 Å². The Bertz CT molecular complexity index is 580. The first-order valence-corrected chi connectivity index (χ1v) is 6.51. The van der Waals surface area contributed by atoms with Crippen LogP contribution in [-0.2, 0) is 13.6 Å². The van der Waals surface area contributed by atoms with Gasteiger partial charge >= 0.3 is 0 Å². The van der Waals surface area contributed by atoms with Gasteiger partial charge in [-0.1, -0.05) is 6.92 Å². The molecule has 0 aliphatic carbocycles. The van der Waals surface area contributed by atoms with Crippen molar-refractivity contribution in [2.75, 3.05) is 11.9 Å². The van der Waals surface area contributed by atoms with Crippen molar-refractivity contribution in [3.05, 3.63) is 36.0 Å². The monoisotopic (exact) mass is 274 g/mol. The fraction of sp³-hybridized carbons (Fsp3) is 0.385. The van der Waals surface area contributed by atoms with Crippen LogP contribution in [0.5, 0.6) is 0 Å². The topological polar surface area (TPSA) is 84.7 Å². The van der Waals surface area contributed by atoms with E-state index in [9.17, 15) is 4.79 Å². The minimum absolute atomic E-state index is 0.251. The van der Waals surface area contributed by atoms with E-state index >= 15 is 0 Å². The zero-order valence-electron chi connectivity index (χ0n) is 11.6. The molecule has 2 heterocycles. The van der Waals surface area contributed by atoms with Gasteiger partial charge in [0.15, 0.2) is 0 Å². The molecular weight excluding hydrogens is 256 g/mol. The van der Waals surface area contributed by atoms with Crippen molar-refractivity contribution in [2.45, 2.75) is 19.9 Å². The first-order chi connectivity index (χ1) is 9.70. The van der Waals surface area contributed by atoms with Gasteiger partial charge in [0, 0.05) is 19.8 Å². The van der Waals surface area contributed by atoms with Crippen LogP contribution in [0.15, 0.2) is 24.7 Å². The first kappa shape index (κ1) is 14.0. The summed E-state index contributed by atoms with van der Waals surface area (Å²) in [5.41, 5.74) is 1.22. The van der Waals surface area contributed by atoms with Gasteiger partial charge in [-0.25, -0.2) is 4.98 Å². The largest absolute Gasteiger partial charge is 0.369 e. The number of anilines is 1. The Balaban J connectivity index is 1.96. The summed E-state index contributed by atoms with van der Waals surface area (Å²) in [4.78, 5) is 20.2. The molecule has 0 radical (unpaired) electrons. The third kappa shape index (κ3) is 3.53. The van der Waals surface area contributed by atoms with Crippen molar-refractivity contribution >= 4 is 11.7 Å². The predicted octanol–water partition coefficient (Wildman–Crippen LogP) is 0.962. The van der Waals surface area contributed by atoms with E-state index in [2.05, 4.69) is 32.6 Å². The Morgan fingerprint density at radius 2 is 2.25 bits per heavy atom. The molecule has 0 aliphatic heterocycles. The summed E-state index contributed by atoms with van der Waals surface area (Å²) in [5, 5.41) is 9.94. The number of aromatic nitrogens is 4. The highest BCUT2D eigenvalue weighted by atomic mass is 16.1. The molecule has 7 heteroatoms. The van der Waals surface area contributed by atoms with E-state index in [1.54, 1.807) is 17.1 Å². The second kappa shape index (κ2) is 6.65. The van der Waals surface area contributed by atoms with E-state index in [0.29, 0.717) is 18.1 Å². The molecule has 0 aromatic carbocycles. The lowest BCUT2D eigenvalue weighted by molar-refractivity contribution is 0.0944. The van der Waals surface area contributed by atoms with Gasteiger partial charge in [-0.3, -0.25) is 14.5 Å². The van der Waals surface area contributed by atoms with Gasteiger partial charge in [0.1, 0.15) is 11.5 Å². The predicted molar refractivity (Wildman–Crippen MR) is 75.2 cm³/mol. The number of nitrogens with one attached hydrogen (secondary N) is 2. The highest BCUT2D eigenvalue weighted by Crippen LogP contribution is 2.03. The number of amides is 1. The van der Waals surface area contributed by atoms with E-state index in [0.717, 1.165) is 18.7 Å².